The maximum absolute atomic E-state index is 12.5. The van der Waals surface area contributed by atoms with Crippen molar-refractivity contribution in [3.8, 4) is 17.6 Å². The van der Waals surface area contributed by atoms with E-state index < -0.39 is 5.91 Å². The van der Waals surface area contributed by atoms with Crippen molar-refractivity contribution in [3.05, 3.63) is 61.5 Å². The summed E-state index contributed by atoms with van der Waals surface area (Å²) >= 11 is 2.57. The second-order valence-electron chi connectivity index (χ2n) is 7.31. The molecule has 11 nitrogen and oxygen atoms in total. The van der Waals surface area contributed by atoms with Crippen molar-refractivity contribution in [1.29, 1.82) is 5.26 Å². The highest BCUT2D eigenvalue weighted by molar-refractivity contribution is 7.16. The van der Waals surface area contributed by atoms with Gasteiger partial charge in [0.05, 0.1) is 12.3 Å². The maximum atomic E-state index is 12.5. The normalized spacial score (nSPS) is 11.3. The summed E-state index contributed by atoms with van der Waals surface area (Å²) in [4.78, 5) is 29.7. The number of ether oxygens (including phenoxy) is 2. The molecule has 1 N–H and O–H groups in total. The Kier molecular flexibility index (Phi) is 7.67. The third-order valence-electron chi connectivity index (χ3n) is 4.71. The first-order chi connectivity index (χ1) is 17.4. The molecule has 0 bridgehead atoms. The van der Waals surface area contributed by atoms with Gasteiger partial charge in [-0.2, -0.15) is 14.9 Å². The molecule has 0 spiro atoms. The predicted octanol–water partition coefficient (Wildman–Crippen LogP) is 3.40. The summed E-state index contributed by atoms with van der Waals surface area (Å²) in [6.07, 6.45) is 2.15. The van der Waals surface area contributed by atoms with Gasteiger partial charge in [-0.1, -0.05) is 35.7 Å². The first-order valence-corrected chi connectivity index (χ1v) is 12.5. The lowest BCUT2D eigenvalue weighted by atomic mass is 10.1. The molecule has 3 heterocycles. The van der Waals surface area contributed by atoms with E-state index in [1.54, 1.807) is 25.1 Å². The van der Waals surface area contributed by atoms with Crippen LogP contribution in [0, 0.1) is 18.3 Å². The van der Waals surface area contributed by atoms with Gasteiger partial charge < -0.3 is 9.47 Å². The summed E-state index contributed by atoms with van der Waals surface area (Å²) < 4.78 is 12.8. The average molecular weight is 524 g/mol. The monoisotopic (exact) mass is 523 g/mol. The highest BCUT2D eigenvalue weighted by Gasteiger charge is 2.14. The zero-order valence-electron chi connectivity index (χ0n) is 19.6. The van der Waals surface area contributed by atoms with Crippen molar-refractivity contribution in [3.63, 3.8) is 0 Å². The Morgan fingerprint density at radius 2 is 2.03 bits per heavy atom. The summed E-state index contributed by atoms with van der Waals surface area (Å²) in [6.45, 7) is 5.99. The van der Waals surface area contributed by atoms with Crippen molar-refractivity contribution < 1.29 is 14.3 Å². The minimum Gasteiger partial charge on any atom is -0.490 e. The van der Waals surface area contributed by atoms with Crippen molar-refractivity contribution in [2.75, 3.05) is 11.9 Å². The summed E-state index contributed by atoms with van der Waals surface area (Å²) in [5, 5.41) is 26.0. The largest absolute Gasteiger partial charge is 0.490 e. The van der Waals surface area contributed by atoms with Crippen molar-refractivity contribution in [2.45, 2.75) is 33.8 Å². The fraction of sp³-hybridized carbons (Fsp3) is 0.261. The Morgan fingerprint density at radius 1 is 1.19 bits per heavy atom. The van der Waals surface area contributed by atoms with E-state index in [4.69, 9.17) is 9.47 Å². The van der Waals surface area contributed by atoms with Crippen LogP contribution in [0.2, 0.25) is 0 Å². The van der Waals surface area contributed by atoms with Gasteiger partial charge in [0, 0.05) is 6.07 Å². The summed E-state index contributed by atoms with van der Waals surface area (Å²) in [6, 6.07) is 8.33. The lowest BCUT2D eigenvalue weighted by Crippen LogP contribution is -2.16. The number of fused-ring (bicyclic) bond motifs is 1. The summed E-state index contributed by atoms with van der Waals surface area (Å²) in [7, 11) is 0. The average Bonchev–Trinajstić information content (AvgIpc) is 3.47. The van der Waals surface area contributed by atoms with Crippen LogP contribution in [0.1, 0.15) is 35.1 Å². The van der Waals surface area contributed by atoms with E-state index in [1.165, 1.54) is 39.3 Å². The van der Waals surface area contributed by atoms with Crippen molar-refractivity contribution in [2.24, 2.45) is 0 Å². The Hall–Kier alpha value is -4.15. The van der Waals surface area contributed by atoms with Crippen molar-refractivity contribution in [1.82, 2.24) is 24.8 Å². The number of rotatable bonds is 9. The van der Waals surface area contributed by atoms with Gasteiger partial charge in [0.1, 0.15) is 28.3 Å². The molecule has 184 valence electrons. The van der Waals surface area contributed by atoms with Gasteiger partial charge in [-0.3, -0.25) is 14.9 Å². The number of carbonyl (C=O) groups is 1. The molecular formula is C23H21N7O4S2. The SMILES string of the molecule is CCOc1cc(/C=C(/C#N)C(=O)Nc2nnc(CC)s2)ccc1OCc1cc(=O)n2nc(C)sc2n1. The fourth-order valence-electron chi connectivity index (χ4n) is 3.11. The molecule has 4 aromatic rings. The van der Waals surface area contributed by atoms with Crippen LogP contribution >= 0.6 is 22.7 Å². The molecule has 13 heteroatoms. The molecule has 0 aliphatic rings. The van der Waals surface area contributed by atoms with Crippen LogP contribution in [-0.2, 0) is 17.8 Å². The number of aromatic nitrogens is 5. The smallest absolute Gasteiger partial charge is 0.275 e. The van der Waals surface area contributed by atoms with E-state index in [0.29, 0.717) is 45.9 Å². The lowest BCUT2D eigenvalue weighted by Gasteiger charge is -2.12. The van der Waals surface area contributed by atoms with Gasteiger partial charge in [-0.25, -0.2) is 4.98 Å². The number of nitriles is 1. The van der Waals surface area contributed by atoms with Crippen LogP contribution in [0.25, 0.3) is 11.0 Å². The summed E-state index contributed by atoms with van der Waals surface area (Å²) in [5.41, 5.74) is 0.649. The van der Waals surface area contributed by atoms with Crippen LogP contribution in [0.15, 0.2) is 34.6 Å². The molecule has 0 atom stereocenters. The second-order valence-corrected chi connectivity index (χ2v) is 9.53. The highest BCUT2D eigenvalue weighted by Crippen LogP contribution is 2.30. The van der Waals surface area contributed by atoms with E-state index >= 15 is 0 Å². The first-order valence-electron chi connectivity index (χ1n) is 10.9. The minimum absolute atomic E-state index is 0.0470. The molecule has 0 radical (unpaired) electrons. The number of nitrogens with zero attached hydrogens (tertiary/aromatic N) is 6. The fourth-order valence-corrected chi connectivity index (χ4v) is 4.55. The second kappa shape index (κ2) is 11.1. The zero-order valence-corrected chi connectivity index (χ0v) is 21.3. The molecule has 3 aromatic heterocycles. The van der Waals surface area contributed by atoms with Crippen LogP contribution in [0.5, 0.6) is 11.5 Å². The van der Waals surface area contributed by atoms with Gasteiger partial charge in [0.25, 0.3) is 11.5 Å². The van der Waals surface area contributed by atoms with Gasteiger partial charge >= 0.3 is 0 Å². The van der Waals surface area contributed by atoms with Crippen LogP contribution in [0.3, 0.4) is 0 Å². The Balaban J connectivity index is 1.52. The Labute approximate surface area is 213 Å². The Morgan fingerprint density at radius 3 is 2.75 bits per heavy atom. The number of anilines is 1. The number of nitrogens with one attached hydrogen (secondary N) is 1. The number of aryl methyl sites for hydroxylation is 2. The minimum atomic E-state index is -0.583. The third-order valence-corrected chi connectivity index (χ3v) is 6.51. The third kappa shape index (κ3) is 5.73. The van der Waals surface area contributed by atoms with Gasteiger partial charge in [0.15, 0.2) is 11.5 Å². The van der Waals surface area contributed by atoms with Gasteiger partial charge in [-0.05, 0) is 44.0 Å². The number of hydrogen-bond donors (Lipinski definition) is 1. The molecule has 0 saturated carbocycles. The molecule has 1 amide bonds. The molecule has 1 aromatic carbocycles. The van der Waals surface area contributed by atoms with Gasteiger partial charge in [0.2, 0.25) is 10.1 Å². The Bertz CT molecular complexity index is 1550. The van der Waals surface area contributed by atoms with E-state index in [1.807, 2.05) is 19.9 Å². The maximum Gasteiger partial charge on any atom is 0.275 e. The molecule has 0 fully saturated rings. The van der Waals surface area contributed by atoms with Crippen LogP contribution in [0.4, 0.5) is 5.13 Å². The van der Waals surface area contributed by atoms with E-state index in [-0.39, 0.29) is 17.7 Å². The molecule has 0 saturated heterocycles. The van der Waals surface area contributed by atoms with Crippen LogP contribution in [-0.4, -0.2) is 37.3 Å². The predicted molar refractivity (Wildman–Crippen MR) is 135 cm³/mol. The molecule has 0 aliphatic heterocycles. The molecular weight excluding hydrogens is 502 g/mol. The number of amides is 1. The van der Waals surface area contributed by atoms with Crippen molar-refractivity contribution >= 4 is 44.7 Å². The molecule has 4 rings (SSSR count). The number of benzene rings is 1. The van der Waals surface area contributed by atoms with E-state index in [0.717, 1.165) is 10.0 Å². The zero-order chi connectivity index (χ0) is 25.7. The highest BCUT2D eigenvalue weighted by atomic mass is 32.1. The lowest BCUT2D eigenvalue weighted by molar-refractivity contribution is -0.112. The van der Waals surface area contributed by atoms with E-state index in [2.05, 4.69) is 25.6 Å². The quantitative estimate of drug-likeness (QED) is 0.258. The number of carbonyl (C=O) groups excluding carboxylic acids is 1. The molecule has 0 aliphatic carbocycles. The van der Waals surface area contributed by atoms with Crippen LogP contribution < -0.4 is 20.3 Å². The standard InChI is InChI=1S/C23H21N7O4S2/c1-4-19-27-28-22(36-19)26-21(32)15(11-24)8-14-6-7-17(18(9-14)33-5-2)34-12-16-10-20(31)30-23(25-16)35-13(3)29-30/h6-10H,4-5,12H2,1-3H3,(H,26,28,32)/b15-8-. The van der Waals surface area contributed by atoms with E-state index in [9.17, 15) is 14.9 Å². The number of hydrogen-bond acceptors (Lipinski definition) is 11. The summed E-state index contributed by atoms with van der Waals surface area (Å²) in [5.74, 6) is 0.271. The topological polar surface area (TPSA) is 144 Å². The van der Waals surface area contributed by atoms with Gasteiger partial charge in [-0.15, -0.1) is 10.2 Å². The first kappa shape index (κ1) is 25.0. The molecule has 0 unspecified atom stereocenters. The molecule has 36 heavy (non-hydrogen) atoms.